The summed E-state index contributed by atoms with van der Waals surface area (Å²) in [5.74, 6) is 0.758. The Hall–Kier alpha value is -2.89. The average molecular weight is 363 g/mol. The highest BCUT2D eigenvalue weighted by atomic mass is 16.1. The number of para-hydroxylation sites is 1. The Labute approximate surface area is 158 Å². The van der Waals surface area contributed by atoms with Crippen molar-refractivity contribution in [1.82, 2.24) is 20.3 Å². The standard InChI is InChI=1S/C21H25N5O/c1-11-9-16-14(20(27)22-11)10-17(24-16)13-7-6-8-15-18(13)25-19(12(2)23-15)26-21(3,4)5/h6-8,10-11,24H,9H2,1-5H3,(H,22,27)(H,25,26). The number of nitrogens with zero attached hydrogens (tertiary/aromatic N) is 2. The molecule has 3 aromatic rings. The summed E-state index contributed by atoms with van der Waals surface area (Å²) in [6, 6.07) is 8.02. The number of benzene rings is 1. The number of aryl methyl sites for hydroxylation is 1. The van der Waals surface area contributed by atoms with Gasteiger partial charge in [0.05, 0.1) is 16.8 Å². The first-order valence-electron chi connectivity index (χ1n) is 9.30. The van der Waals surface area contributed by atoms with Gasteiger partial charge in [-0.15, -0.1) is 0 Å². The van der Waals surface area contributed by atoms with E-state index in [1.54, 1.807) is 0 Å². The largest absolute Gasteiger partial charge is 0.364 e. The molecule has 6 nitrogen and oxygen atoms in total. The molecule has 0 aliphatic carbocycles. The third-order valence-electron chi connectivity index (χ3n) is 4.68. The Morgan fingerprint density at radius 2 is 1.96 bits per heavy atom. The number of rotatable bonds is 2. The summed E-state index contributed by atoms with van der Waals surface area (Å²) in [6.07, 6.45) is 0.799. The van der Waals surface area contributed by atoms with Crippen molar-refractivity contribution in [3.05, 3.63) is 41.2 Å². The maximum atomic E-state index is 12.3. The number of aromatic amines is 1. The summed E-state index contributed by atoms with van der Waals surface area (Å²) < 4.78 is 0. The number of anilines is 1. The molecule has 140 valence electrons. The SMILES string of the molecule is Cc1nc2cccc(-c3cc4c([nH]3)CC(C)NC4=O)c2nc1NC(C)(C)C. The van der Waals surface area contributed by atoms with Crippen LogP contribution in [0.15, 0.2) is 24.3 Å². The Balaban J connectivity index is 1.86. The van der Waals surface area contributed by atoms with E-state index in [0.717, 1.165) is 45.9 Å². The minimum atomic E-state index is -0.109. The molecule has 3 N–H and O–H groups in total. The number of amides is 1. The predicted molar refractivity (Wildman–Crippen MR) is 108 cm³/mol. The van der Waals surface area contributed by atoms with Crippen LogP contribution in [0.1, 0.15) is 49.4 Å². The van der Waals surface area contributed by atoms with Gasteiger partial charge in [-0.25, -0.2) is 9.97 Å². The van der Waals surface area contributed by atoms with Gasteiger partial charge in [0, 0.05) is 35.0 Å². The molecule has 6 heteroatoms. The number of aromatic nitrogens is 3. The second kappa shape index (κ2) is 6.08. The number of carbonyl (C=O) groups excluding carboxylic acids is 1. The molecule has 0 spiro atoms. The van der Waals surface area contributed by atoms with Crippen molar-refractivity contribution in [2.75, 3.05) is 5.32 Å². The van der Waals surface area contributed by atoms with Gasteiger partial charge in [0.1, 0.15) is 11.3 Å². The van der Waals surface area contributed by atoms with E-state index in [0.29, 0.717) is 5.56 Å². The highest BCUT2D eigenvalue weighted by Crippen LogP contribution is 2.31. The highest BCUT2D eigenvalue weighted by Gasteiger charge is 2.25. The van der Waals surface area contributed by atoms with Crippen LogP contribution in [0.3, 0.4) is 0 Å². The van der Waals surface area contributed by atoms with E-state index >= 15 is 0 Å². The highest BCUT2D eigenvalue weighted by molar-refractivity contribution is 5.99. The summed E-state index contributed by atoms with van der Waals surface area (Å²) in [5, 5.41) is 6.42. The van der Waals surface area contributed by atoms with Gasteiger partial charge in [-0.05, 0) is 46.8 Å². The lowest BCUT2D eigenvalue weighted by Crippen LogP contribution is -2.38. The van der Waals surface area contributed by atoms with Crippen LogP contribution in [-0.4, -0.2) is 32.4 Å². The molecule has 1 aliphatic heterocycles. The zero-order valence-electron chi connectivity index (χ0n) is 16.4. The van der Waals surface area contributed by atoms with Gasteiger partial charge in [-0.3, -0.25) is 4.79 Å². The normalized spacial score (nSPS) is 16.9. The van der Waals surface area contributed by atoms with Crippen LogP contribution in [0.5, 0.6) is 0 Å². The van der Waals surface area contributed by atoms with Crippen molar-refractivity contribution in [2.24, 2.45) is 0 Å². The van der Waals surface area contributed by atoms with E-state index in [1.165, 1.54) is 0 Å². The average Bonchev–Trinajstić information content (AvgIpc) is 2.98. The molecule has 1 unspecified atom stereocenters. The van der Waals surface area contributed by atoms with Gasteiger partial charge in [0.25, 0.3) is 5.91 Å². The second-order valence-electron chi connectivity index (χ2n) is 8.36. The van der Waals surface area contributed by atoms with Crippen LogP contribution in [0.25, 0.3) is 22.3 Å². The molecule has 0 saturated heterocycles. The van der Waals surface area contributed by atoms with Crippen molar-refractivity contribution in [1.29, 1.82) is 0 Å². The van der Waals surface area contributed by atoms with Gasteiger partial charge in [-0.2, -0.15) is 0 Å². The van der Waals surface area contributed by atoms with E-state index in [2.05, 4.69) is 36.4 Å². The molecule has 0 saturated carbocycles. The van der Waals surface area contributed by atoms with Crippen LogP contribution in [0, 0.1) is 6.92 Å². The van der Waals surface area contributed by atoms with Gasteiger partial charge in [-0.1, -0.05) is 12.1 Å². The maximum Gasteiger partial charge on any atom is 0.253 e. The summed E-state index contributed by atoms with van der Waals surface area (Å²) in [6.45, 7) is 10.3. The van der Waals surface area contributed by atoms with E-state index in [9.17, 15) is 4.79 Å². The lowest BCUT2D eigenvalue weighted by atomic mass is 10.0. The first-order chi connectivity index (χ1) is 12.7. The van der Waals surface area contributed by atoms with Crippen molar-refractivity contribution in [2.45, 2.75) is 52.6 Å². The fraction of sp³-hybridized carbons (Fsp3) is 0.381. The Bertz CT molecular complexity index is 1040. The first kappa shape index (κ1) is 17.5. The molecule has 1 aromatic carbocycles. The van der Waals surface area contributed by atoms with E-state index < -0.39 is 0 Å². The minimum absolute atomic E-state index is 0.0245. The summed E-state index contributed by atoms with van der Waals surface area (Å²) in [4.78, 5) is 25.3. The van der Waals surface area contributed by atoms with Crippen molar-refractivity contribution < 1.29 is 4.79 Å². The molecule has 2 aromatic heterocycles. The summed E-state index contributed by atoms with van der Waals surface area (Å²) >= 11 is 0. The fourth-order valence-corrected chi connectivity index (χ4v) is 3.52. The molecule has 0 fully saturated rings. The first-order valence-corrected chi connectivity index (χ1v) is 9.30. The minimum Gasteiger partial charge on any atom is -0.364 e. The Kier molecular flexibility index (Phi) is 3.94. The van der Waals surface area contributed by atoms with Crippen LogP contribution < -0.4 is 10.6 Å². The van der Waals surface area contributed by atoms with E-state index in [-0.39, 0.29) is 17.5 Å². The van der Waals surface area contributed by atoms with Gasteiger partial charge in [0.2, 0.25) is 0 Å². The smallest absolute Gasteiger partial charge is 0.253 e. The Morgan fingerprint density at radius 1 is 1.19 bits per heavy atom. The second-order valence-corrected chi connectivity index (χ2v) is 8.36. The van der Waals surface area contributed by atoms with Crippen molar-refractivity contribution in [3.63, 3.8) is 0 Å². The summed E-state index contributed by atoms with van der Waals surface area (Å²) in [7, 11) is 0. The lowest BCUT2D eigenvalue weighted by molar-refractivity contribution is 0.0929. The number of hydrogen-bond donors (Lipinski definition) is 3. The molecule has 1 aliphatic rings. The van der Waals surface area contributed by atoms with Crippen LogP contribution in [0.4, 0.5) is 5.82 Å². The van der Waals surface area contributed by atoms with Crippen LogP contribution >= 0.6 is 0 Å². The number of H-pyrrole nitrogens is 1. The predicted octanol–water partition coefficient (Wildman–Crippen LogP) is 3.82. The fourth-order valence-electron chi connectivity index (χ4n) is 3.52. The third kappa shape index (κ3) is 3.27. The number of hydrogen-bond acceptors (Lipinski definition) is 4. The molecule has 27 heavy (non-hydrogen) atoms. The van der Waals surface area contributed by atoms with Crippen molar-refractivity contribution >= 4 is 22.8 Å². The molecule has 1 atom stereocenters. The molecule has 1 amide bonds. The van der Waals surface area contributed by atoms with Gasteiger partial charge in [0.15, 0.2) is 0 Å². The van der Waals surface area contributed by atoms with Gasteiger partial charge >= 0.3 is 0 Å². The quantitative estimate of drug-likeness (QED) is 0.646. The topological polar surface area (TPSA) is 82.7 Å². The molecule has 3 heterocycles. The van der Waals surface area contributed by atoms with Crippen LogP contribution in [-0.2, 0) is 6.42 Å². The third-order valence-corrected chi connectivity index (χ3v) is 4.68. The van der Waals surface area contributed by atoms with Gasteiger partial charge < -0.3 is 15.6 Å². The van der Waals surface area contributed by atoms with E-state index in [1.807, 2.05) is 38.1 Å². The van der Waals surface area contributed by atoms with Crippen LogP contribution in [0.2, 0.25) is 0 Å². The van der Waals surface area contributed by atoms with E-state index in [4.69, 9.17) is 9.97 Å². The van der Waals surface area contributed by atoms with Crippen molar-refractivity contribution in [3.8, 4) is 11.3 Å². The molecule has 0 radical (unpaired) electrons. The number of fused-ring (bicyclic) bond motifs is 2. The monoisotopic (exact) mass is 363 g/mol. The zero-order valence-corrected chi connectivity index (χ0v) is 16.4. The number of nitrogens with one attached hydrogen (secondary N) is 3. The summed E-state index contributed by atoms with van der Waals surface area (Å²) in [5.41, 5.74) is 5.97. The molecular weight excluding hydrogens is 338 g/mol. The molecular formula is C21H25N5O. The lowest BCUT2D eigenvalue weighted by Gasteiger charge is -2.22. The Morgan fingerprint density at radius 3 is 2.70 bits per heavy atom. The molecule has 4 rings (SSSR count). The molecule has 0 bridgehead atoms. The number of carbonyl (C=O) groups is 1. The zero-order chi connectivity index (χ0) is 19.3. The maximum absolute atomic E-state index is 12.3.